The molecule has 1 aromatic heterocycles. The van der Waals surface area contributed by atoms with E-state index in [0.29, 0.717) is 5.56 Å². The molecule has 2 aromatic rings. The molecule has 1 aromatic carbocycles. The summed E-state index contributed by atoms with van der Waals surface area (Å²) < 4.78 is 5.36. The van der Waals surface area contributed by atoms with Gasteiger partial charge in [0.2, 0.25) is 5.75 Å². The highest BCUT2D eigenvalue weighted by atomic mass is 16.6. The van der Waals surface area contributed by atoms with Crippen molar-refractivity contribution in [3.63, 3.8) is 0 Å². The number of benzene rings is 1. The van der Waals surface area contributed by atoms with Crippen LogP contribution < -0.4 is 4.74 Å². The molecule has 0 aliphatic carbocycles. The number of carboxylic acid groups (broad SMARTS) is 1. The number of aryl methyl sites for hydroxylation is 1. The van der Waals surface area contributed by atoms with E-state index in [9.17, 15) is 14.9 Å². The lowest BCUT2D eigenvalue weighted by Gasteiger charge is -2.09. The van der Waals surface area contributed by atoms with Gasteiger partial charge in [-0.05, 0) is 25.1 Å². The van der Waals surface area contributed by atoms with Gasteiger partial charge in [-0.15, -0.1) is 0 Å². The van der Waals surface area contributed by atoms with Crippen molar-refractivity contribution in [1.29, 1.82) is 0 Å². The molecule has 0 fully saturated rings. The van der Waals surface area contributed by atoms with Crippen LogP contribution in [0.3, 0.4) is 0 Å². The third-order valence-corrected chi connectivity index (χ3v) is 2.58. The Morgan fingerprint density at radius 1 is 1.30 bits per heavy atom. The topological polar surface area (TPSA) is 103 Å². The second kappa shape index (κ2) is 5.35. The summed E-state index contributed by atoms with van der Waals surface area (Å²) in [5.41, 5.74) is -0.0794. The van der Waals surface area contributed by atoms with Crippen LogP contribution in [0.25, 0.3) is 0 Å². The Bertz CT molecular complexity index is 684. The van der Waals surface area contributed by atoms with Gasteiger partial charge >= 0.3 is 11.7 Å². The zero-order valence-electron chi connectivity index (χ0n) is 10.4. The van der Waals surface area contributed by atoms with Crippen LogP contribution >= 0.6 is 0 Å². The summed E-state index contributed by atoms with van der Waals surface area (Å²) in [5.74, 6) is -1.34. The summed E-state index contributed by atoms with van der Waals surface area (Å²) in [5, 5.41) is 20.0. The number of nitro groups is 1. The van der Waals surface area contributed by atoms with E-state index in [2.05, 4.69) is 4.98 Å². The van der Waals surface area contributed by atoms with Gasteiger partial charge in [-0.25, -0.2) is 9.78 Å². The maximum absolute atomic E-state index is 11.0. The Morgan fingerprint density at radius 2 is 2.00 bits per heavy atom. The molecule has 0 spiro atoms. The van der Waals surface area contributed by atoms with Gasteiger partial charge in [0.15, 0.2) is 11.4 Å². The zero-order valence-corrected chi connectivity index (χ0v) is 10.4. The molecule has 0 amide bonds. The smallest absolute Gasteiger partial charge is 0.358 e. The van der Waals surface area contributed by atoms with Crippen molar-refractivity contribution in [3.8, 4) is 11.5 Å². The standard InChI is InChI=1S/C13H10N2O5/c1-8-4-2-5-10(12(8)15(18)19)20-9-6-3-7-14-11(9)13(16)17/h2-7H,1H3,(H,16,17). The summed E-state index contributed by atoms with van der Waals surface area (Å²) in [7, 11) is 0. The number of rotatable bonds is 4. The van der Waals surface area contributed by atoms with Crippen LogP contribution in [0.5, 0.6) is 11.5 Å². The first-order valence-electron chi connectivity index (χ1n) is 5.61. The lowest BCUT2D eigenvalue weighted by Crippen LogP contribution is -2.04. The fourth-order valence-electron chi connectivity index (χ4n) is 1.70. The van der Waals surface area contributed by atoms with Gasteiger partial charge in [-0.3, -0.25) is 10.1 Å². The highest BCUT2D eigenvalue weighted by Gasteiger charge is 2.21. The molecule has 0 unspecified atom stereocenters. The number of aromatic nitrogens is 1. The maximum Gasteiger partial charge on any atom is 0.358 e. The van der Waals surface area contributed by atoms with E-state index in [1.165, 1.54) is 24.4 Å². The third-order valence-electron chi connectivity index (χ3n) is 2.58. The number of nitrogens with zero attached hydrogens (tertiary/aromatic N) is 2. The first-order valence-corrected chi connectivity index (χ1v) is 5.61. The van der Waals surface area contributed by atoms with Crippen molar-refractivity contribution in [1.82, 2.24) is 4.98 Å². The predicted molar refractivity (Wildman–Crippen MR) is 69.1 cm³/mol. The van der Waals surface area contributed by atoms with E-state index >= 15 is 0 Å². The molecule has 1 heterocycles. The molecule has 0 saturated carbocycles. The monoisotopic (exact) mass is 274 g/mol. The van der Waals surface area contributed by atoms with Gasteiger partial charge in [-0.1, -0.05) is 12.1 Å². The van der Waals surface area contributed by atoms with Gasteiger partial charge in [0.05, 0.1) is 4.92 Å². The molecule has 0 aliphatic rings. The van der Waals surface area contributed by atoms with Crippen LogP contribution in [0.2, 0.25) is 0 Å². The van der Waals surface area contributed by atoms with Crippen LogP contribution in [0.15, 0.2) is 36.5 Å². The van der Waals surface area contributed by atoms with Crippen molar-refractivity contribution >= 4 is 11.7 Å². The highest BCUT2D eigenvalue weighted by molar-refractivity contribution is 5.88. The fraction of sp³-hybridized carbons (Fsp3) is 0.0769. The second-order valence-corrected chi connectivity index (χ2v) is 3.94. The minimum Gasteiger partial charge on any atom is -0.476 e. The fourth-order valence-corrected chi connectivity index (χ4v) is 1.70. The van der Waals surface area contributed by atoms with Gasteiger partial charge < -0.3 is 9.84 Å². The Hall–Kier alpha value is -2.96. The number of ether oxygens (including phenoxy) is 1. The summed E-state index contributed by atoms with van der Waals surface area (Å²) in [6.45, 7) is 1.58. The number of aromatic carboxylic acids is 1. The average molecular weight is 274 g/mol. The molecule has 0 saturated heterocycles. The highest BCUT2D eigenvalue weighted by Crippen LogP contribution is 2.34. The minimum absolute atomic E-state index is 0.0227. The molecule has 2 rings (SSSR count). The normalized spacial score (nSPS) is 10.1. The van der Waals surface area contributed by atoms with Gasteiger partial charge in [-0.2, -0.15) is 0 Å². The number of hydrogen-bond donors (Lipinski definition) is 1. The van der Waals surface area contributed by atoms with Gasteiger partial charge in [0.1, 0.15) is 0 Å². The molecular weight excluding hydrogens is 264 g/mol. The number of para-hydroxylation sites is 1. The Kier molecular flexibility index (Phi) is 3.60. The van der Waals surface area contributed by atoms with Crippen molar-refractivity contribution in [2.45, 2.75) is 6.92 Å². The van der Waals surface area contributed by atoms with Gasteiger partial charge in [0, 0.05) is 11.8 Å². The van der Waals surface area contributed by atoms with E-state index < -0.39 is 10.9 Å². The molecular formula is C13H10N2O5. The van der Waals surface area contributed by atoms with Gasteiger partial charge in [0.25, 0.3) is 0 Å². The van der Waals surface area contributed by atoms with Crippen LogP contribution in [-0.4, -0.2) is 21.0 Å². The summed E-state index contributed by atoms with van der Waals surface area (Å²) in [6.07, 6.45) is 1.31. The summed E-state index contributed by atoms with van der Waals surface area (Å²) >= 11 is 0. The lowest BCUT2D eigenvalue weighted by atomic mass is 10.2. The van der Waals surface area contributed by atoms with E-state index in [0.717, 1.165) is 0 Å². The molecule has 0 aliphatic heterocycles. The SMILES string of the molecule is Cc1cccc(Oc2cccnc2C(=O)O)c1[N+](=O)[O-]. The average Bonchev–Trinajstić information content (AvgIpc) is 2.38. The Labute approximate surface area is 113 Å². The Balaban J connectivity index is 2.49. The molecule has 0 atom stereocenters. The molecule has 7 nitrogen and oxygen atoms in total. The van der Waals surface area contributed by atoms with E-state index in [-0.39, 0.29) is 22.9 Å². The van der Waals surface area contributed by atoms with Crippen molar-refractivity contribution < 1.29 is 19.6 Å². The number of hydrogen-bond acceptors (Lipinski definition) is 5. The van der Waals surface area contributed by atoms with Crippen LogP contribution in [-0.2, 0) is 0 Å². The molecule has 1 N–H and O–H groups in total. The largest absolute Gasteiger partial charge is 0.476 e. The number of pyridine rings is 1. The lowest BCUT2D eigenvalue weighted by molar-refractivity contribution is -0.386. The minimum atomic E-state index is -1.27. The molecule has 0 radical (unpaired) electrons. The van der Waals surface area contributed by atoms with Crippen LogP contribution in [0.4, 0.5) is 5.69 Å². The first-order chi connectivity index (χ1) is 9.50. The third kappa shape index (κ3) is 2.56. The molecule has 7 heteroatoms. The van der Waals surface area contributed by atoms with Crippen molar-refractivity contribution in [3.05, 3.63) is 57.9 Å². The van der Waals surface area contributed by atoms with Crippen molar-refractivity contribution in [2.75, 3.05) is 0 Å². The van der Waals surface area contributed by atoms with E-state index in [1.54, 1.807) is 19.1 Å². The van der Waals surface area contributed by atoms with Crippen LogP contribution in [0.1, 0.15) is 16.1 Å². The van der Waals surface area contributed by atoms with Crippen molar-refractivity contribution in [2.24, 2.45) is 0 Å². The number of nitro benzene ring substituents is 1. The maximum atomic E-state index is 11.0. The molecule has 102 valence electrons. The number of carboxylic acids is 1. The summed E-state index contributed by atoms with van der Waals surface area (Å²) in [4.78, 5) is 25.2. The predicted octanol–water partition coefficient (Wildman–Crippen LogP) is 2.79. The first kappa shape index (κ1) is 13.5. The quantitative estimate of drug-likeness (QED) is 0.679. The van der Waals surface area contributed by atoms with E-state index in [1.807, 2.05) is 0 Å². The van der Waals surface area contributed by atoms with E-state index in [4.69, 9.17) is 9.84 Å². The summed E-state index contributed by atoms with van der Waals surface area (Å²) in [6, 6.07) is 7.45. The molecule has 20 heavy (non-hydrogen) atoms. The van der Waals surface area contributed by atoms with Crippen LogP contribution in [0, 0.1) is 17.0 Å². The Morgan fingerprint density at radius 3 is 2.65 bits per heavy atom. The second-order valence-electron chi connectivity index (χ2n) is 3.94. The number of carbonyl (C=O) groups is 1. The molecule has 0 bridgehead atoms. The zero-order chi connectivity index (χ0) is 14.7.